The van der Waals surface area contributed by atoms with Crippen molar-refractivity contribution in [3.63, 3.8) is 0 Å². The van der Waals surface area contributed by atoms with Gasteiger partial charge in [-0.05, 0) is 43.5 Å². The Labute approximate surface area is 101 Å². The minimum atomic E-state index is 0.469. The number of aryl methyl sites for hydroxylation is 3. The molecule has 2 rings (SSSR count). The van der Waals surface area contributed by atoms with E-state index in [2.05, 4.69) is 37.9 Å². The highest BCUT2D eigenvalue weighted by molar-refractivity contribution is 5.75. The molecule has 1 aromatic heterocycles. The molecule has 0 aliphatic heterocycles. The predicted molar refractivity (Wildman–Crippen MR) is 69.3 cm³/mol. The first-order chi connectivity index (χ1) is 8.11. The first-order valence-corrected chi connectivity index (χ1v) is 5.61. The van der Waals surface area contributed by atoms with Gasteiger partial charge in [0.1, 0.15) is 5.69 Å². The maximum atomic E-state index is 10.6. The third-order valence-corrected chi connectivity index (χ3v) is 2.87. The van der Waals surface area contributed by atoms with Crippen LogP contribution in [0.1, 0.15) is 27.2 Å². The van der Waals surface area contributed by atoms with E-state index in [1.54, 1.807) is 12.3 Å². The van der Waals surface area contributed by atoms with Gasteiger partial charge in [-0.15, -0.1) is 0 Å². The summed E-state index contributed by atoms with van der Waals surface area (Å²) < 4.78 is 0. The molecule has 2 nitrogen and oxygen atoms in total. The molecule has 0 spiro atoms. The van der Waals surface area contributed by atoms with Crippen LogP contribution in [0.15, 0.2) is 30.5 Å². The predicted octanol–water partition coefficient (Wildman–Crippen LogP) is 3.49. The van der Waals surface area contributed by atoms with Gasteiger partial charge in [0.15, 0.2) is 6.29 Å². The molecule has 0 fully saturated rings. The van der Waals surface area contributed by atoms with E-state index in [1.807, 2.05) is 6.07 Å². The van der Waals surface area contributed by atoms with Crippen LogP contribution in [0.5, 0.6) is 0 Å². The van der Waals surface area contributed by atoms with Crippen molar-refractivity contribution in [2.24, 2.45) is 0 Å². The van der Waals surface area contributed by atoms with Crippen LogP contribution in [0.3, 0.4) is 0 Å². The van der Waals surface area contributed by atoms with E-state index in [0.29, 0.717) is 5.69 Å². The molecule has 86 valence electrons. The zero-order valence-corrected chi connectivity index (χ0v) is 10.3. The molecular formula is C15H15NO. The maximum Gasteiger partial charge on any atom is 0.168 e. The van der Waals surface area contributed by atoms with Gasteiger partial charge in [-0.3, -0.25) is 9.78 Å². The molecule has 2 heteroatoms. The van der Waals surface area contributed by atoms with Crippen molar-refractivity contribution < 1.29 is 4.79 Å². The Balaban J connectivity index is 2.56. The summed E-state index contributed by atoms with van der Waals surface area (Å²) in [5.41, 5.74) is 6.48. The molecule has 1 heterocycles. The van der Waals surface area contributed by atoms with Gasteiger partial charge >= 0.3 is 0 Å². The quantitative estimate of drug-likeness (QED) is 0.732. The Morgan fingerprint density at radius 2 is 1.71 bits per heavy atom. The lowest BCUT2D eigenvalue weighted by atomic mass is 9.95. The fourth-order valence-corrected chi connectivity index (χ4v) is 2.26. The van der Waals surface area contributed by atoms with E-state index in [9.17, 15) is 4.79 Å². The Hall–Kier alpha value is -1.96. The molecule has 0 amide bonds. The van der Waals surface area contributed by atoms with Crippen LogP contribution in [0.4, 0.5) is 0 Å². The largest absolute Gasteiger partial charge is 0.296 e. The van der Waals surface area contributed by atoms with Crippen molar-refractivity contribution in [2.75, 3.05) is 0 Å². The van der Waals surface area contributed by atoms with Crippen LogP contribution < -0.4 is 0 Å². The van der Waals surface area contributed by atoms with E-state index in [0.717, 1.165) is 11.8 Å². The summed E-state index contributed by atoms with van der Waals surface area (Å²) in [4.78, 5) is 14.7. The van der Waals surface area contributed by atoms with Gasteiger partial charge < -0.3 is 0 Å². The average Bonchev–Trinajstić information content (AvgIpc) is 2.28. The summed E-state index contributed by atoms with van der Waals surface area (Å²) in [5, 5.41) is 0. The number of nitrogens with zero attached hydrogens (tertiary/aromatic N) is 1. The molecule has 0 radical (unpaired) electrons. The summed E-state index contributed by atoms with van der Waals surface area (Å²) in [6, 6.07) is 8.02. The Bertz CT molecular complexity index is 533. The number of hydrogen-bond donors (Lipinski definition) is 0. The lowest BCUT2D eigenvalue weighted by Gasteiger charge is -2.11. The van der Waals surface area contributed by atoms with Crippen LogP contribution in [0.2, 0.25) is 0 Å². The first kappa shape index (κ1) is 11.5. The lowest BCUT2D eigenvalue weighted by Crippen LogP contribution is -1.92. The number of hydrogen-bond acceptors (Lipinski definition) is 2. The number of carbonyl (C=O) groups excluding carboxylic acids is 1. The number of benzene rings is 1. The van der Waals surface area contributed by atoms with Crippen LogP contribution in [-0.2, 0) is 0 Å². The molecule has 0 bridgehead atoms. The third-order valence-electron chi connectivity index (χ3n) is 2.87. The average molecular weight is 225 g/mol. The summed E-state index contributed by atoms with van der Waals surface area (Å²) in [5.74, 6) is 0. The van der Waals surface area contributed by atoms with E-state index in [4.69, 9.17) is 0 Å². The summed E-state index contributed by atoms with van der Waals surface area (Å²) >= 11 is 0. The second kappa shape index (κ2) is 4.50. The van der Waals surface area contributed by atoms with Gasteiger partial charge in [-0.25, -0.2) is 0 Å². The van der Waals surface area contributed by atoms with Gasteiger partial charge in [0, 0.05) is 11.8 Å². The highest BCUT2D eigenvalue weighted by Gasteiger charge is 2.06. The van der Waals surface area contributed by atoms with Crippen molar-refractivity contribution in [1.29, 1.82) is 0 Å². The Morgan fingerprint density at radius 3 is 2.18 bits per heavy atom. The molecule has 0 unspecified atom stereocenters. The molecule has 2 aromatic rings. The maximum absolute atomic E-state index is 10.6. The highest BCUT2D eigenvalue weighted by atomic mass is 16.1. The van der Waals surface area contributed by atoms with E-state index < -0.39 is 0 Å². The zero-order valence-electron chi connectivity index (χ0n) is 10.3. The number of rotatable bonds is 2. The normalized spacial score (nSPS) is 10.3. The van der Waals surface area contributed by atoms with E-state index in [-0.39, 0.29) is 0 Å². The summed E-state index contributed by atoms with van der Waals surface area (Å²) in [6.45, 7) is 6.30. The fourth-order valence-electron chi connectivity index (χ4n) is 2.26. The molecule has 17 heavy (non-hydrogen) atoms. The Morgan fingerprint density at radius 1 is 1.06 bits per heavy atom. The number of aromatic nitrogens is 1. The van der Waals surface area contributed by atoms with Crippen LogP contribution in [0.25, 0.3) is 11.1 Å². The molecule has 0 saturated heterocycles. The number of aldehydes is 1. The van der Waals surface area contributed by atoms with Crippen molar-refractivity contribution in [2.45, 2.75) is 20.8 Å². The topological polar surface area (TPSA) is 30.0 Å². The van der Waals surface area contributed by atoms with Gasteiger partial charge in [-0.1, -0.05) is 23.8 Å². The minimum Gasteiger partial charge on any atom is -0.296 e. The second-order valence-electron chi connectivity index (χ2n) is 4.36. The molecular weight excluding hydrogens is 210 g/mol. The molecule has 0 saturated carbocycles. The van der Waals surface area contributed by atoms with Crippen molar-refractivity contribution in [3.8, 4) is 11.1 Å². The molecule has 0 N–H and O–H groups in total. The minimum absolute atomic E-state index is 0.469. The monoisotopic (exact) mass is 225 g/mol. The second-order valence-corrected chi connectivity index (χ2v) is 4.36. The van der Waals surface area contributed by atoms with Crippen LogP contribution >= 0.6 is 0 Å². The Kier molecular flexibility index (Phi) is 3.05. The summed E-state index contributed by atoms with van der Waals surface area (Å²) in [6.07, 6.45) is 2.52. The van der Waals surface area contributed by atoms with E-state index in [1.165, 1.54) is 22.3 Å². The SMILES string of the molecule is Cc1cc(C)c(-c2ccc(C=O)nc2)c(C)c1. The summed E-state index contributed by atoms with van der Waals surface area (Å²) in [7, 11) is 0. The van der Waals surface area contributed by atoms with Crippen LogP contribution in [-0.4, -0.2) is 11.3 Å². The van der Waals surface area contributed by atoms with Gasteiger partial charge in [0.25, 0.3) is 0 Å². The lowest BCUT2D eigenvalue weighted by molar-refractivity contribution is 0.111. The van der Waals surface area contributed by atoms with Crippen molar-refractivity contribution in [1.82, 2.24) is 4.98 Å². The first-order valence-electron chi connectivity index (χ1n) is 5.61. The number of pyridine rings is 1. The van der Waals surface area contributed by atoms with Gasteiger partial charge in [0.2, 0.25) is 0 Å². The van der Waals surface area contributed by atoms with Gasteiger partial charge in [-0.2, -0.15) is 0 Å². The van der Waals surface area contributed by atoms with E-state index >= 15 is 0 Å². The van der Waals surface area contributed by atoms with Crippen LogP contribution in [0, 0.1) is 20.8 Å². The smallest absolute Gasteiger partial charge is 0.168 e. The van der Waals surface area contributed by atoms with Crippen molar-refractivity contribution >= 4 is 6.29 Å². The number of carbonyl (C=O) groups is 1. The zero-order chi connectivity index (χ0) is 12.4. The molecule has 1 aromatic carbocycles. The van der Waals surface area contributed by atoms with Crippen molar-refractivity contribution in [3.05, 3.63) is 52.8 Å². The molecule has 0 atom stereocenters. The standard InChI is InChI=1S/C15H15NO/c1-10-6-11(2)15(12(3)7-10)13-4-5-14(9-17)16-8-13/h4-9H,1-3H3. The molecule has 0 aliphatic rings. The molecule has 0 aliphatic carbocycles. The van der Waals surface area contributed by atoms with Gasteiger partial charge in [0.05, 0.1) is 0 Å². The highest BCUT2D eigenvalue weighted by Crippen LogP contribution is 2.27. The third kappa shape index (κ3) is 2.26. The fraction of sp³-hybridized carbons (Fsp3) is 0.200.